The number of rotatable bonds is 5. The largest absolute Gasteiger partial charge is 0.393 e. The first-order valence-electron chi connectivity index (χ1n) is 12.3. The third-order valence-corrected chi connectivity index (χ3v) is 10.1. The molecule has 0 aromatic heterocycles. The fourth-order valence-electron chi connectivity index (χ4n) is 8.16. The lowest BCUT2D eigenvalue weighted by atomic mass is 9.43. The molecule has 0 aliphatic heterocycles. The maximum Gasteiger partial charge on any atom is 0.0737 e. The van der Waals surface area contributed by atoms with Gasteiger partial charge < -0.3 is 15.9 Å². The highest BCUT2D eigenvalue weighted by molar-refractivity contribution is 5.20. The van der Waals surface area contributed by atoms with E-state index in [1.807, 2.05) is 0 Å². The minimum atomic E-state index is -0.516. The summed E-state index contributed by atoms with van der Waals surface area (Å²) in [4.78, 5) is 0. The standard InChI is InChI=1S/C26H43NO2/c1-24-14-12-21(28)18-20(24)9-10-23-22(24)13-15-25(2)19(11-16-26(23,25)29)8-6-4-3-5-7-17-27/h3-4,6,8,19-23,28-29H,5,7,9-18,27H2,1-2H3/b4-3+,8-6+/t19-,20+,21-,22-,23+,24-,25+,26-/m0/s1. The van der Waals surface area contributed by atoms with Crippen LogP contribution in [0.1, 0.15) is 84.5 Å². The summed E-state index contributed by atoms with van der Waals surface area (Å²) in [5, 5.41) is 22.4. The normalized spacial score (nSPS) is 49.9. The van der Waals surface area contributed by atoms with Crippen LogP contribution in [0.25, 0.3) is 0 Å². The van der Waals surface area contributed by atoms with Crippen LogP contribution in [0.2, 0.25) is 0 Å². The zero-order valence-corrected chi connectivity index (χ0v) is 18.7. The van der Waals surface area contributed by atoms with Crippen LogP contribution in [0.4, 0.5) is 0 Å². The van der Waals surface area contributed by atoms with Gasteiger partial charge in [-0.3, -0.25) is 0 Å². The molecular formula is C26H43NO2. The molecule has 0 radical (unpaired) electrons. The highest BCUT2D eigenvalue weighted by Crippen LogP contribution is 2.69. The summed E-state index contributed by atoms with van der Waals surface area (Å²) in [7, 11) is 0. The number of unbranched alkanes of at least 4 members (excludes halogenated alkanes) is 1. The van der Waals surface area contributed by atoms with Crippen molar-refractivity contribution in [3.8, 4) is 0 Å². The minimum Gasteiger partial charge on any atom is -0.393 e. The quantitative estimate of drug-likeness (QED) is 0.450. The number of allylic oxidation sites excluding steroid dienone is 4. The van der Waals surface area contributed by atoms with E-state index in [1.54, 1.807) is 0 Å². The number of hydrogen-bond donors (Lipinski definition) is 3. The van der Waals surface area contributed by atoms with Crippen LogP contribution >= 0.6 is 0 Å². The van der Waals surface area contributed by atoms with Crippen LogP contribution in [0.15, 0.2) is 24.3 Å². The predicted octanol–water partition coefficient (Wildman–Crippen LogP) is 4.97. The summed E-state index contributed by atoms with van der Waals surface area (Å²) in [5.74, 6) is 2.20. The Bertz CT molecular complexity index is 645. The number of aliphatic hydroxyl groups is 2. The molecule has 0 amide bonds. The van der Waals surface area contributed by atoms with Crippen LogP contribution < -0.4 is 5.73 Å². The van der Waals surface area contributed by atoms with Crippen molar-refractivity contribution < 1.29 is 10.2 Å². The highest BCUT2D eigenvalue weighted by atomic mass is 16.3. The van der Waals surface area contributed by atoms with Gasteiger partial charge in [0.25, 0.3) is 0 Å². The lowest BCUT2D eigenvalue weighted by molar-refractivity contribution is -0.207. The summed E-state index contributed by atoms with van der Waals surface area (Å²) >= 11 is 0. The number of fused-ring (bicyclic) bond motifs is 5. The van der Waals surface area contributed by atoms with Crippen molar-refractivity contribution in [3.05, 3.63) is 24.3 Å². The number of aliphatic hydroxyl groups excluding tert-OH is 1. The van der Waals surface area contributed by atoms with Crippen LogP contribution in [0.5, 0.6) is 0 Å². The number of nitrogens with two attached hydrogens (primary N) is 1. The molecule has 0 unspecified atom stereocenters. The van der Waals surface area contributed by atoms with E-state index >= 15 is 0 Å². The SMILES string of the molecule is C[C@]12CC[C@H](O)C[C@H]1CC[C@@H]1[C@@H]2CC[C@]2(C)[C@@H](/C=C/C=C/CCCN)CC[C@]12O. The Labute approximate surface area is 177 Å². The average Bonchev–Trinajstić information content (AvgIpc) is 2.96. The molecule has 4 rings (SSSR count). The van der Waals surface area contributed by atoms with Gasteiger partial charge in [-0.1, -0.05) is 38.2 Å². The Kier molecular flexibility index (Phi) is 6.05. The van der Waals surface area contributed by atoms with Crippen molar-refractivity contribution in [3.63, 3.8) is 0 Å². The zero-order chi connectivity index (χ0) is 20.7. The third kappa shape index (κ3) is 3.46. The fraction of sp³-hybridized carbons (Fsp3) is 0.846. The smallest absolute Gasteiger partial charge is 0.0737 e. The minimum absolute atomic E-state index is 0.00709. The van der Waals surface area contributed by atoms with Crippen LogP contribution in [0.3, 0.4) is 0 Å². The molecule has 0 aromatic rings. The molecule has 29 heavy (non-hydrogen) atoms. The molecule has 4 aliphatic rings. The van der Waals surface area contributed by atoms with E-state index in [4.69, 9.17) is 5.73 Å². The van der Waals surface area contributed by atoms with Gasteiger partial charge in [0.1, 0.15) is 0 Å². The van der Waals surface area contributed by atoms with Gasteiger partial charge >= 0.3 is 0 Å². The third-order valence-electron chi connectivity index (χ3n) is 10.1. The highest BCUT2D eigenvalue weighted by Gasteiger charge is 2.66. The lowest BCUT2D eigenvalue weighted by Gasteiger charge is -2.63. The molecule has 4 N–H and O–H groups in total. The molecular weight excluding hydrogens is 358 g/mol. The Morgan fingerprint density at radius 3 is 2.59 bits per heavy atom. The van der Waals surface area contributed by atoms with Gasteiger partial charge in [0.2, 0.25) is 0 Å². The summed E-state index contributed by atoms with van der Waals surface area (Å²) in [5.41, 5.74) is 5.38. The molecule has 0 aromatic carbocycles. The maximum absolute atomic E-state index is 12.2. The summed E-state index contributed by atoms with van der Waals surface area (Å²) < 4.78 is 0. The van der Waals surface area contributed by atoms with Crippen molar-refractivity contribution >= 4 is 0 Å². The first-order valence-corrected chi connectivity index (χ1v) is 12.3. The first kappa shape index (κ1) is 21.6. The Morgan fingerprint density at radius 1 is 0.966 bits per heavy atom. The van der Waals surface area contributed by atoms with E-state index in [0.717, 1.165) is 64.3 Å². The average molecular weight is 402 g/mol. The molecule has 0 bridgehead atoms. The molecule has 4 aliphatic carbocycles. The van der Waals surface area contributed by atoms with Gasteiger partial charge in [-0.25, -0.2) is 0 Å². The predicted molar refractivity (Wildman–Crippen MR) is 119 cm³/mol. The monoisotopic (exact) mass is 401 g/mol. The first-order chi connectivity index (χ1) is 13.8. The van der Waals surface area contributed by atoms with Gasteiger partial charge in [-0.2, -0.15) is 0 Å². The Hall–Kier alpha value is -0.640. The molecule has 8 atom stereocenters. The van der Waals surface area contributed by atoms with Gasteiger partial charge in [-0.05, 0) is 106 Å². The Morgan fingerprint density at radius 2 is 1.79 bits per heavy atom. The van der Waals surface area contributed by atoms with E-state index < -0.39 is 5.60 Å². The van der Waals surface area contributed by atoms with Gasteiger partial charge in [0.15, 0.2) is 0 Å². The summed E-state index contributed by atoms with van der Waals surface area (Å²) in [6, 6.07) is 0. The van der Waals surface area contributed by atoms with Gasteiger partial charge in [0, 0.05) is 5.41 Å². The van der Waals surface area contributed by atoms with E-state index in [2.05, 4.69) is 38.2 Å². The van der Waals surface area contributed by atoms with Crippen LogP contribution in [-0.4, -0.2) is 28.5 Å². The molecule has 0 heterocycles. The second-order valence-corrected chi connectivity index (χ2v) is 11.2. The van der Waals surface area contributed by atoms with Crippen molar-refractivity contribution in [2.24, 2.45) is 40.2 Å². The molecule has 4 fully saturated rings. The second kappa shape index (κ2) is 8.13. The topological polar surface area (TPSA) is 66.5 Å². The van der Waals surface area contributed by atoms with E-state index in [-0.39, 0.29) is 11.5 Å². The van der Waals surface area contributed by atoms with Gasteiger partial charge in [-0.15, -0.1) is 0 Å². The van der Waals surface area contributed by atoms with Crippen molar-refractivity contribution in [1.29, 1.82) is 0 Å². The van der Waals surface area contributed by atoms with E-state index in [0.29, 0.717) is 29.1 Å². The van der Waals surface area contributed by atoms with Crippen LogP contribution in [0, 0.1) is 34.5 Å². The molecule has 0 saturated heterocycles. The maximum atomic E-state index is 12.2. The molecule has 0 spiro atoms. The summed E-state index contributed by atoms with van der Waals surface area (Å²) in [6.45, 7) is 5.62. The second-order valence-electron chi connectivity index (χ2n) is 11.2. The lowest BCUT2D eigenvalue weighted by Crippen LogP contribution is -2.62. The van der Waals surface area contributed by atoms with Crippen molar-refractivity contribution in [2.45, 2.75) is 96.2 Å². The molecule has 3 heteroatoms. The fourth-order valence-corrected chi connectivity index (χ4v) is 8.16. The van der Waals surface area contributed by atoms with E-state index in [9.17, 15) is 10.2 Å². The zero-order valence-electron chi connectivity index (χ0n) is 18.7. The van der Waals surface area contributed by atoms with E-state index in [1.165, 1.54) is 12.8 Å². The summed E-state index contributed by atoms with van der Waals surface area (Å²) in [6.07, 6.45) is 20.9. The van der Waals surface area contributed by atoms with Gasteiger partial charge in [0.05, 0.1) is 11.7 Å². The Balaban J connectivity index is 1.51. The van der Waals surface area contributed by atoms with Crippen molar-refractivity contribution in [2.75, 3.05) is 6.54 Å². The molecule has 3 nitrogen and oxygen atoms in total. The molecule has 4 saturated carbocycles. The number of hydrogen-bond acceptors (Lipinski definition) is 3. The van der Waals surface area contributed by atoms with Crippen LogP contribution in [-0.2, 0) is 0 Å². The molecule has 164 valence electrons. The van der Waals surface area contributed by atoms with Crippen molar-refractivity contribution in [1.82, 2.24) is 0 Å².